The number of hydrogen-bond acceptors (Lipinski definition) is 5. The number of nitrogen functional groups attached to an aromatic ring is 1. The summed E-state index contributed by atoms with van der Waals surface area (Å²) >= 11 is 9.39. The number of anilines is 1. The molecule has 1 heterocycles. The summed E-state index contributed by atoms with van der Waals surface area (Å²) in [6.45, 7) is 1.74. The van der Waals surface area contributed by atoms with Gasteiger partial charge < -0.3 is 15.6 Å². The molecule has 1 aromatic heterocycles. The van der Waals surface area contributed by atoms with E-state index in [1.807, 2.05) is 0 Å². The van der Waals surface area contributed by atoms with Crippen LogP contribution in [0.15, 0.2) is 22.9 Å². The summed E-state index contributed by atoms with van der Waals surface area (Å²) in [5.41, 5.74) is 6.18. The minimum absolute atomic E-state index is 0.0511. The van der Waals surface area contributed by atoms with Gasteiger partial charge in [0.15, 0.2) is 5.82 Å². The number of phenolic OH excluding ortho intramolecular Hbond substituents is 1. The third kappa shape index (κ3) is 3.14. The summed E-state index contributed by atoms with van der Waals surface area (Å²) in [7, 11) is 2.50. The molecule has 1 aromatic carbocycles. The van der Waals surface area contributed by atoms with Crippen molar-refractivity contribution in [2.45, 2.75) is 13.0 Å². The molecular formula is C12H12BrClN3O2P. The molecule has 0 spiro atoms. The lowest BCUT2D eigenvalue weighted by atomic mass is 10.1. The number of benzene rings is 1. The number of rotatable bonds is 3. The highest BCUT2D eigenvalue weighted by atomic mass is 79.9. The molecule has 0 bridgehead atoms. The first-order valence-corrected chi connectivity index (χ1v) is 7.36. The highest BCUT2D eigenvalue weighted by Crippen LogP contribution is 2.34. The Labute approximate surface area is 131 Å². The van der Waals surface area contributed by atoms with Crippen molar-refractivity contribution in [1.29, 1.82) is 0 Å². The van der Waals surface area contributed by atoms with Crippen molar-refractivity contribution >= 4 is 47.9 Å². The van der Waals surface area contributed by atoms with E-state index in [9.17, 15) is 5.11 Å². The summed E-state index contributed by atoms with van der Waals surface area (Å²) in [5, 5.41) is 11.1. The summed E-state index contributed by atoms with van der Waals surface area (Å²) in [5.74, 6) is 0.393. The Morgan fingerprint density at radius 1 is 1.50 bits per heavy atom. The molecule has 2 atom stereocenters. The molecule has 0 saturated heterocycles. The fraction of sp³-hybridized carbons (Fsp3) is 0.167. The number of hydrogen-bond donors (Lipinski definition) is 2. The van der Waals surface area contributed by atoms with E-state index in [0.717, 1.165) is 5.30 Å². The molecule has 20 heavy (non-hydrogen) atoms. The van der Waals surface area contributed by atoms with Gasteiger partial charge in [-0.05, 0) is 40.3 Å². The van der Waals surface area contributed by atoms with Crippen LogP contribution in [-0.4, -0.2) is 15.1 Å². The molecule has 5 nitrogen and oxygen atoms in total. The molecule has 3 N–H and O–H groups in total. The maximum atomic E-state index is 9.94. The van der Waals surface area contributed by atoms with E-state index in [1.54, 1.807) is 19.1 Å². The van der Waals surface area contributed by atoms with Gasteiger partial charge in [0.05, 0.1) is 16.8 Å². The van der Waals surface area contributed by atoms with E-state index in [4.69, 9.17) is 22.1 Å². The first kappa shape index (κ1) is 15.3. The molecule has 0 radical (unpaired) electrons. The summed E-state index contributed by atoms with van der Waals surface area (Å²) < 4.78 is 6.15. The largest absolute Gasteiger partial charge is 0.507 e. The van der Waals surface area contributed by atoms with E-state index in [-0.39, 0.29) is 17.4 Å². The van der Waals surface area contributed by atoms with Crippen LogP contribution in [-0.2, 0) is 0 Å². The molecule has 0 amide bonds. The van der Waals surface area contributed by atoms with Crippen LogP contribution in [0.2, 0.25) is 5.02 Å². The van der Waals surface area contributed by atoms with Crippen molar-refractivity contribution < 1.29 is 9.84 Å². The normalized spacial score (nSPS) is 12.2. The Morgan fingerprint density at radius 3 is 2.90 bits per heavy atom. The second kappa shape index (κ2) is 6.12. The second-order valence-electron chi connectivity index (χ2n) is 4.04. The Morgan fingerprint density at radius 2 is 2.20 bits per heavy atom. The van der Waals surface area contributed by atoms with Crippen LogP contribution >= 0.6 is 36.8 Å². The van der Waals surface area contributed by atoms with Crippen molar-refractivity contribution in [2.24, 2.45) is 0 Å². The van der Waals surface area contributed by atoms with Crippen LogP contribution in [0.4, 0.5) is 5.82 Å². The fourth-order valence-corrected chi connectivity index (χ4v) is 2.49. The monoisotopic (exact) mass is 375 g/mol. The molecule has 2 aromatic rings. The molecule has 2 rings (SSSR count). The number of nitrogens with two attached hydrogens (primary N) is 1. The molecule has 106 valence electrons. The Bertz CT molecular complexity index is 657. The van der Waals surface area contributed by atoms with E-state index < -0.39 is 6.10 Å². The SMILES string of the molecule is CC(Oc1nc(Br)cnc1N)c1c(O)ccc(P)c1Cl. The topological polar surface area (TPSA) is 81.3 Å². The molecular weight excluding hydrogens is 364 g/mol. The summed E-state index contributed by atoms with van der Waals surface area (Å²) in [6.07, 6.45) is 0.939. The average molecular weight is 377 g/mol. The minimum Gasteiger partial charge on any atom is -0.507 e. The lowest BCUT2D eigenvalue weighted by molar-refractivity contribution is 0.213. The van der Waals surface area contributed by atoms with Crippen molar-refractivity contribution in [3.63, 3.8) is 0 Å². The van der Waals surface area contributed by atoms with Crippen LogP contribution < -0.4 is 15.8 Å². The number of aromatic nitrogens is 2. The number of phenols is 1. The van der Waals surface area contributed by atoms with Gasteiger partial charge in [-0.2, -0.15) is 0 Å². The minimum atomic E-state index is -0.533. The fourth-order valence-electron chi connectivity index (χ4n) is 1.66. The number of ether oxygens (including phenoxy) is 1. The van der Waals surface area contributed by atoms with Gasteiger partial charge in [0.1, 0.15) is 16.5 Å². The molecule has 8 heteroatoms. The predicted octanol–water partition coefficient (Wildman–Crippen LogP) is 2.82. The average Bonchev–Trinajstić information content (AvgIpc) is 2.39. The highest BCUT2D eigenvalue weighted by molar-refractivity contribution is 9.10. The quantitative estimate of drug-likeness (QED) is 0.805. The smallest absolute Gasteiger partial charge is 0.258 e. The lowest BCUT2D eigenvalue weighted by Gasteiger charge is -2.18. The zero-order chi connectivity index (χ0) is 14.9. The molecule has 0 fully saturated rings. The first-order chi connectivity index (χ1) is 9.40. The van der Waals surface area contributed by atoms with Crippen LogP contribution in [0.25, 0.3) is 0 Å². The van der Waals surface area contributed by atoms with E-state index in [1.165, 1.54) is 6.20 Å². The van der Waals surface area contributed by atoms with Gasteiger partial charge in [0.25, 0.3) is 5.88 Å². The molecule has 2 unspecified atom stereocenters. The van der Waals surface area contributed by atoms with Gasteiger partial charge in [-0.15, -0.1) is 9.24 Å². The Kier molecular flexibility index (Phi) is 4.68. The number of nitrogens with zero attached hydrogens (tertiary/aromatic N) is 2. The van der Waals surface area contributed by atoms with Crippen LogP contribution in [0.3, 0.4) is 0 Å². The van der Waals surface area contributed by atoms with Crippen molar-refractivity contribution in [1.82, 2.24) is 9.97 Å². The maximum Gasteiger partial charge on any atom is 0.258 e. The number of halogens is 2. The standard InChI is InChI=1S/C12H12BrClN3O2P/c1-5(9-6(18)2-3-7(20)10(9)14)19-12-11(15)16-4-8(13)17-12/h2-5,18H,20H2,1H3,(H2,15,16). The van der Waals surface area contributed by atoms with E-state index >= 15 is 0 Å². The maximum absolute atomic E-state index is 9.94. The van der Waals surface area contributed by atoms with Gasteiger partial charge in [0.2, 0.25) is 0 Å². The molecule has 0 aliphatic heterocycles. The van der Waals surface area contributed by atoms with E-state index in [2.05, 4.69) is 35.1 Å². The zero-order valence-corrected chi connectivity index (χ0v) is 14.0. The Hall–Kier alpha value is -1.10. The molecule has 0 aliphatic carbocycles. The summed E-state index contributed by atoms with van der Waals surface area (Å²) in [6, 6.07) is 3.26. The Balaban J connectivity index is 2.35. The van der Waals surface area contributed by atoms with Gasteiger partial charge in [-0.25, -0.2) is 9.97 Å². The van der Waals surface area contributed by atoms with Crippen LogP contribution in [0.1, 0.15) is 18.6 Å². The van der Waals surface area contributed by atoms with Gasteiger partial charge in [-0.3, -0.25) is 0 Å². The third-order valence-corrected chi connectivity index (χ3v) is 4.09. The third-order valence-electron chi connectivity index (χ3n) is 2.62. The van der Waals surface area contributed by atoms with Crippen molar-refractivity contribution in [3.8, 4) is 11.6 Å². The first-order valence-electron chi connectivity index (χ1n) is 5.61. The van der Waals surface area contributed by atoms with Crippen LogP contribution in [0.5, 0.6) is 11.6 Å². The van der Waals surface area contributed by atoms with Gasteiger partial charge in [0, 0.05) is 0 Å². The van der Waals surface area contributed by atoms with Gasteiger partial charge in [-0.1, -0.05) is 11.6 Å². The molecule has 0 saturated carbocycles. The molecule has 0 aliphatic rings. The highest BCUT2D eigenvalue weighted by Gasteiger charge is 2.19. The zero-order valence-electron chi connectivity index (χ0n) is 10.5. The second-order valence-corrected chi connectivity index (χ2v) is 5.86. The van der Waals surface area contributed by atoms with Crippen LogP contribution in [0, 0.1) is 0 Å². The van der Waals surface area contributed by atoms with Crippen molar-refractivity contribution in [2.75, 3.05) is 5.73 Å². The van der Waals surface area contributed by atoms with E-state index in [0.29, 0.717) is 15.2 Å². The van der Waals surface area contributed by atoms with Gasteiger partial charge >= 0.3 is 0 Å². The summed E-state index contributed by atoms with van der Waals surface area (Å²) in [4.78, 5) is 8.03. The predicted molar refractivity (Wildman–Crippen MR) is 85.6 cm³/mol. The lowest BCUT2D eigenvalue weighted by Crippen LogP contribution is -2.10. The van der Waals surface area contributed by atoms with Crippen molar-refractivity contribution in [3.05, 3.63) is 33.5 Å². The number of aromatic hydroxyl groups is 1.